The van der Waals surface area contributed by atoms with Crippen LogP contribution in [0.3, 0.4) is 0 Å². The van der Waals surface area contributed by atoms with E-state index in [2.05, 4.69) is 17.6 Å². The average molecular weight is 474 g/mol. The largest absolute Gasteiger partial charge is 0.394 e. The third-order valence-corrected chi connectivity index (χ3v) is 9.75. The van der Waals surface area contributed by atoms with Gasteiger partial charge in [-0.1, -0.05) is 25.1 Å². The topological polar surface area (TPSA) is 98.7 Å². The van der Waals surface area contributed by atoms with Crippen molar-refractivity contribution in [1.82, 2.24) is 10.2 Å². The van der Waals surface area contributed by atoms with E-state index >= 15 is 0 Å². The number of anilines is 1. The number of para-hydroxylation sites is 1. The summed E-state index contributed by atoms with van der Waals surface area (Å²) in [6.07, 6.45) is 2.29. The Morgan fingerprint density at radius 2 is 1.91 bits per heavy atom. The fourth-order valence-corrected chi connectivity index (χ4v) is 8.53. The molecular weight excluding hydrogens is 438 g/mol. The van der Waals surface area contributed by atoms with E-state index < -0.39 is 28.7 Å². The number of hydrogen-bond donors (Lipinski definition) is 3. The van der Waals surface area contributed by atoms with Crippen LogP contribution in [-0.2, 0) is 14.4 Å². The van der Waals surface area contributed by atoms with E-state index in [1.807, 2.05) is 39.0 Å². The minimum atomic E-state index is -0.744. The van der Waals surface area contributed by atoms with Gasteiger partial charge in [0.1, 0.15) is 6.04 Å². The number of aryl methyl sites for hydroxylation is 2. The molecule has 1 spiro atoms. The van der Waals surface area contributed by atoms with E-state index in [1.165, 1.54) is 0 Å². The van der Waals surface area contributed by atoms with Gasteiger partial charge in [-0.3, -0.25) is 14.4 Å². The lowest BCUT2D eigenvalue weighted by molar-refractivity contribution is -0.142. The number of likely N-dealkylation sites (tertiary alicyclic amines) is 1. The maximum absolute atomic E-state index is 13.9. The molecule has 2 bridgehead atoms. The number of nitrogens with zero attached hydrogens (tertiary/aromatic N) is 1. The highest BCUT2D eigenvalue weighted by Gasteiger charge is 2.77. The summed E-state index contributed by atoms with van der Waals surface area (Å²) < 4.78 is -1.06. The Hall–Kier alpha value is -2.06. The number of benzene rings is 1. The van der Waals surface area contributed by atoms with Crippen molar-refractivity contribution in [3.05, 3.63) is 29.3 Å². The molecule has 3 saturated heterocycles. The Labute approximate surface area is 200 Å². The zero-order chi connectivity index (χ0) is 24.1. The van der Waals surface area contributed by atoms with Gasteiger partial charge in [-0.2, -0.15) is 0 Å². The Balaban J connectivity index is 1.75. The van der Waals surface area contributed by atoms with E-state index in [0.717, 1.165) is 29.7 Å². The number of aliphatic hydroxyl groups is 1. The molecule has 1 aromatic carbocycles. The molecule has 0 radical (unpaired) electrons. The summed E-state index contributed by atoms with van der Waals surface area (Å²) in [5.41, 5.74) is 2.67. The lowest BCUT2D eigenvalue weighted by Gasteiger charge is -2.36. The summed E-state index contributed by atoms with van der Waals surface area (Å²) in [6.45, 7) is 10.0. The maximum atomic E-state index is 13.9. The first-order chi connectivity index (χ1) is 15.6. The summed E-state index contributed by atoms with van der Waals surface area (Å²) in [4.78, 5) is 42.5. The number of carbonyl (C=O) groups is 3. The second-order valence-electron chi connectivity index (χ2n) is 10.1. The van der Waals surface area contributed by atoms with Crippen LogP contribution in [-0.4, -0.2) is 62.5 Å². The van der Waals surface area contributed by atoms with Gasteiger partial charge in [0.15, 0.2) is 0 Å². The van der Waals surface area contributed by atoms with Crippen molar-refractivity contribution in [2.45, 2.75) is 75.5 Å². The Kier molecular flexibility index (Phi) is 6.29. The molecule has 3 heterocycles. The fraction of sp³-hybridized carbons (Fsp3) is 0.640. The van der Waals surface area contributed by atoms with Crippen LogP contribution in [0.15, 0.2) is 18.2 Å². The van der Waals surface area contributed by atoms with E-state index in [0.29, 0.717) is 13.0 Å². The van der Waals surface area contributed by atoms with E-state index in [4.69, 9.17) is 0 Å². The minimum absolute atomic E-state index is 0.0980. The van der Waals surface area contributed by atoms with Gasteiger partial charge in [0.2, 0.25) is 17.7 Å². The van der Waals surface area contributed by atoms with Crippen LogP contribution >= 0.6 is 11.8 Å². The normalized spacial score (nSPS) is 33.2. The monoisotopic (exact) mass is 473 g/mol. The lowest BCUT2D eigenvalue weighted by Crippen LogP contribution is -2.54. The molecule has 0 saturated carbocycles. The van der Waals surface area contributed by atoms with Crippen molar-refractivity contribution in [3.8, 4) is 0 Å². The second-order valence-corrected chi connectivity index (χ2v) is 11.9. The van der Waals surface area contributed by atoms with Crippen LogP contribution in [0.5, 0.6) is 0 Å². The smallest absolute Gasteiger partial charge is 0.248 e. The van der Waals surface area contributed by atoms with E-state index in [9.17, 15) is 19.5 Å². The Morgan fingerprint density at radius 1 is 1.24 bits per heavy atom. The maximum Gasteiger partial charge on any atom is 0.248 e. The average Bonchev–Trinajstić information content (AvgIpc) is 3.35. The standard InChI is InChI=1S/C25H35N3O4S/c1-6-12-26-21(30)17-18-23(32)28(16(4)13-29)20(25(18)11-10-24(17,5)33-25)22(31)27-19-14(2)8-7-9-15(19)3/h7-9,16-18,20,29H,6,10-13H2,1-5H3,(H,26,30)(H,27,31)/t16-,17+,18+,20?,24-,25?/m1/s1. The van der Waals surface area contributed by atoms with Gasteiger partial charge in [0.25, 0.3) is 0 Å². The summed E-state index contributed by atoms with van der Waals surface area (Å²) in [7, 11) is 0. The Bertz CT molecular complexity index is 964. The number of nitrogens with one attached hydrogen (secondary N) is 2. The minimum Gasteiger partial charge on any atom is -0.394 e. The highest BCUT2D eigenvalue weighted by Crippen LogP contribution is 2.71. The second kappa shape index (κ2) is 8.62. The predicted octanol–water partition coefficient (Wildman–Crippen LogP) is 2.63. The molecule has 3 N–H and O–H groups in total. The number of aliphatic hydroxyl groups excluding tert-OH is 1. The van der Waals surface area contributed by atoms with Crippen LogP contribution in [0.1, 0.15) is 51.2 Å². The number of hydrogen-bond acceptors (Lipinski definition) is 5. The van der Waals surface area contributed by atoms with Gasteiger partial charge >= 0.3 is 0 Å². The molecule has 4 rings (SSSR count). The first kappa shape index (κ1) is 24.1. The molecular formula is C25H35N3O4S. The highest BCUT2D eigenvalue weighted by molar-refractivity contribution is 8.02. The molecule has 3 aliphatic rings. The summed E-state index contributed by atoms with van der Waals surface area (Å²) in [5, 5.41) is 16.1. The predicted molar refractivity (Wildman–Crippen MR) is 130 cm³/mol. The highest BCUT2D eigenvalue weighted by atomic mass is 32.2. The van der Waals surface area contributed by atoms with Crippen LogP contribution in [0, 0.1) is 25.7 Å². The van der Waals surface area contributed by atoms with Gasteiger partial charge in [-0.25, -0.2) is 0 Å². The fourth-order valence-electron chi connectivity index (χ4n) is 6.19. The Morgan fingerprint density at radius 3 is 2.52 bits per heavy atom. The third-order valence-electron chi connectivity index (χ3n) is 7.76. The SMILES string of the molecule is CCCNC(=O)[C@@H]1[C@H]2C(=O)N([C@H](C)CO)C(C(=O)Nc3c(C)cccc3C)C23CC[C@@]1(C)S3. The first-order valence-electron chi connectivity index (χ1n) is 11.9. The van der Waals surface area contributed by atoms with Gasteiger partial charge in [-0.05, 0) is 58.1 Å². The quantitative estimate of drug-likeness (QED) is 0.566. The first-order valence-corrected chi connectivity index (χ1v) is 12.7. The van der Waals surface area contributed by atoms with Gasteiger partial charge in [0.05, 0.1) is 29.2 Å². The number of fused-ring (bicyclic) bond motifs is 1. The number of rotatable bonds is 7. The summed E-state index contributed by atoms with van der Waals surface area (Å²) in [6, 6.07) is 4.58. The third kappa shape index (κ3) is 3.57. The molecule has 2 unspecified atom stereocenters. The van der Waals surface area contributed by atoms with Crippen molar-refractivity contribution in [2.24, 2.45) is 11.8 Å². The van der Waals surface area contributed by atoms with Gasteiger partial charge < -0.3 is 20.6 Å². The van der Waals surface area contributed by atoms with Gasteiger partial charge in [0, 0.05) is 17.0 Å². The van der Waals surface area contributed by atoms with Crippen molar-refractivity contribution >= 4 is 35.2 Å². The molecule has 180 valence electrons. The van der Waals surface area contributed by atoms with Crippen molar-refractivity contribution in [3.63, 3.8) is 0 Å². The number of carbonyl (C=O) groups excluding carboxylic acids is 3. The zero-order valence-electron chi connectivity index (χ0n) is 20.1. The molecule has 3 fully saturated rings. The summed E-state index contributed by atoms with van der Waals surface area (Å²) >= 11 is 1.65. The molecule has 3 amide bonds. The zero-order valence-corrected chi connectivity index (χ0v) is 20.9. The number of amides is 3. The van der Waals surface area contributed by atoms with Crippen LogP contribution in [0.4, 0.5) is 5.69 Å². The van der Waals surface area contributed by atoms with E-state index in [-0.39, 0.29) is 29.1 Å². The molecule has 6 atom stereocenters. The molecule has 7 nitrogen and oxygen atoms in total. The van der Waals surface area contributed by atoms with Crippen molar-refractivity contribution < 1.29 is 19.5 Å². The van der Waals surface area contributed by atoms with Crippen molar-refractivity contribution in [2.75, 3.05) is 18.5 Å². The molecule has 3 aliphatic heterocycles. The van der Waals surface area contributed by atoms with Crippen LogP contribution in [0.2, 0.25) is 0 Å². The summed E-state index contributed by atoms with van der Waals surface area (Å²) in [5.74, 6) is -1.58. The molecule has 8 heteroatoms. The van der Waals surface area contributed by atoms with Crippen LogP contribution < -0.4 is 10.6 Å². The molecule has 0 aromatic heterocycles. The molecule has 1 aromatic rings. The number of thioether (sulfide) groups is 1. The van der Waals surface area contributed by atoms with E-state index in [1.54, 1.807) is 23.6 Å². The van der Waals surface area contributed by atoms with Crippen molar-refractivity contribution in [1.29, 1.82) is 0 Å². The van der Waals surface area contributed by atoms with Crippen LogP contribution in [0.25, 0.3) is 0 Å². The molecule has 33 heavy (non-hydrogen) atoms. The van der Waals surface area contributed by atoms with Gasteiger partial charge in [-0.15, -0.1) is 11.8 Å². The lowest BCUT2D eigenvalue weighted by atomic mass is 9.66. The molecule has 0 aliphatic carbocycles.